The van der Waals surface area contributed by atoms with E-state index in [1.54, 1.807) is 11.3 Å². The van der Waals surface area contributed by atoms with Crippen molar-refractivity contribution < 1.29 is 0 Å². The fourth-order valence-electron chi connectivity index (χ4n) is 4.54. The SMILES string of the molecule is CCc1sc2nc(Cl)nc(N3CCCc4ccccc43)c2c1-c1ccc(C(C)C)cc1. The van der Waals surface area contributed by atoms with Gasteiger partial charge in [0.1, 0.15) is 10.6 Å². The Bertz CT molecular complexity index is 1240. The molecule has 0 fully saturated rings. The summed E-state index contributed by atoms with van der Waals surface area (Å²) in [4.78, 5) is 14.1. The zero-order valence-electron chi connectivity index (χ0n) is 18.2. The number of anilines is 2. The third kappa shape index (κ3) is 3.62. The van der Waals surface area contributed by atoms with E-state index >= 15 is 0 Å². The first-order chi connectivity index (χ1) is 15.1. The van der Waals surface area contributed by atoms with E-state index in [1.807, 2.05) is 0 Å². The quantitative estimate of drug-likeness (QED) is 0.299. The second-order valence-corrected chi connectivity index (χ2v) is 9.83. The normalized spacial score (nSPS) is 13.8. The summed E-state index contributed by atoms with van der Waals surface area (Å²) in [6.45, 7) is 7.60. The molecule has 0 spiro atoms. The van der Waals surface area contributed by atoms with Crippen molar-refractivity contribution in [2.24, 2.45) is 0 Å². The zero-order chi connectivity index (χ0) is 21.5. The van der Waals surface area contributed by atoms with Gasteiger partial charge in [-0.15, -0.1) is 11.3 Å². The minimum Gasteiger partial charge on any atom is -0.325 e. The molecule has 0 radical (unpaired) electrons. The van der Waals surface area contributed by atoms with E-state index in [0.717, 1.165) is 41.8 Å². The number of hydrogen-bond donors (Lipinski definition) is 0. The monoisotopic (exact) mass is 447 g/mol. The second-order valence-electron chi connectivity index (χ2n) is 8.41. The second kappa shape index (κ2) is 8.25. The predicted octanol–water partition coefficient (Wildman–Crippen LogP) is 7.78. The minimum atomic E-state index is 0.316. The van der Waals surface area contributed by atoms with E-state index < -0.39 is 0 Å². The van der Waals surface area contributed by atoms with Crippen LogP contribution in [0.5, 0.6) is 0 Å². The summed E-state index contributed by atoms with van der Waals surface area (Å²) in [6.07, 6.45) is 3.15. The maximum absolute atomic E-state index is 6.43. The summed E-state index contributed by atoms with van der Waals surface area (Å²) in [7, 11) is 0. The van der Waals surface area contributed by atoms with Gasteiger partial charge in [0.2, 0.25) is 5.28 Å². The number of thiophene rings is 1. The molecule has 3 heterocycles. The Kier molecular flexibility index (Phi) is 5.45. The van der Waals surface area contributed by atoms with Gasteiger partial charge in [0, 0.05) is 22.7 Å². The molecule has 5 rings (SSSR count). The van der Waals surface area contributed by atoms with Crippen LogP contribution in [0.3, 0.4) is 0 Å². The van der Waals surface area contributed by atoms with Crippen LogP contribution in [0, 0.1) is 0 Å². The van der Waals surface area contributed by atoms with E-state index in [-0.39, 0.29) is 0 Å². The Hall–Kier alpha value is -2.43. The van der Waals surface area contributed by atoms with Gasteiger partial charge in [-0.2, -0.15) is 4.98 Å². The van der Waals surface area contributed by atoms with E-state index in [0.29, 0.717) is 11.2 Å². The Morgan fingerprint density at radius 2 is 1.84 bits per heavy atom. The molecule has 0 amide bonds. The topological polar surface area (TPSA) is 29.0 Å². The molecule has 0 saturated heterocycles. The number of benzene rings is 2. The van der Waals surface area contributed by atoms with Crippen LogP contribution in [-0.4, -0.2) is 16.5 Å². The smallest absolute Gasteiger partial charge is 0.225 e. The number of aryl methyl sites for hydroxylation is 2. The van der Waals surface area contributed by atoms with Crippen LogP contribution in [0.1, 0.15) is 49.1 Å². The van der Waals surface area contributed by atoms with Gasteiger partial charge in [-0.3, -0.25) is 0 Å². The number of aromatic nitrogens is 2. The summed E-state index contributed by atoms with van der Waals surface area (Å²) >= 11 is 8.17. The summed E-state index contributed by atoms with van der Waals surface area (Å²) in [6, 6.07) is 17.6. The maximum atomic E-state index is 6.43. The van der Waals surface area contributed by atoms with Gasteiger partial charge in [0.15, 0.2) is 0 Å². The molecule has 1 aliphatic heterocycles. The van der Waals surface area contributed by atoms with Gasteiger partial charge in [0.25, 0.3) is 0 Å². The minimum absolute atomic E-state index is 0.316. The highest BCUT2D eigenvalue weighted by atomic mass is 35.5. The lowest BCUT2D eigenvalue weighted by Gasteiger charge is -2.31. The number of hydrogen-bond acceptors (Lipinski definition) is 4. The summed E-state index contributed by atoms with van der Waals surface area (Å²) in [5, 5.41) is 1.44. The Balaban J connectivity index is 1.76. The Morgan fingerprint density at radius 1 is 1.06 bits per heavy atom. The number of rotatable bonds is 4. The average molecular weight is 448 g/mol. The van der Waals surface area contributed by atoms with Crippen molar-refractivity contribution >= 4 is 44.7 Å². The van der Waals surface area contributed by atoms with Crippen molar-refractivity contribution in [3.05, 3.63) is 69.8 Å². The third-order valence-electron chi connectivity index (χ3n) is 6.13. The molecule has 0 aliphatic carbocycles. The molecule has 31 heavy (non-hydrogen) atoms. The van der Waals surface area contributed by atoms with Crippen LogP contribution in [0.15, 0.2) is 48.5 Å². The lowest BCUT2D eigenvalue weighted by atomic mass is 9.96. The van der Waals surface area contributed by atoms with Crippen LogP contribution >= 0.6 is 22.9 Å². The molecular weight excluding hydrogens is 422 g/mol. The van der Waals surface area contributed by atoms with E-state index in [4.69, 9.17) is 16.6 Å². The number of nitrogens with zero attached hydrogens (tertiary/aromatic N) is 3. The van der Waals surface area contributed by atoms with E-state index in [2.05, 4.69) is 79.2 Å². The van der Waals surface area contributed by atoms with Gasteiger partial charge in [0.05, 0.1) is 5.39 Å². The molecule has 0 saturated carbocycles. The summed E-state index contributed by atoms with van der Waals surface area (Å²) in [5.74, 6) is 1.45. The van der Waals surface area contributed by atoms with Gasteiger partial charge in [-0.25, -0.2) is 4.98 Å². The van der Waals surface area contributed by atoms with Crippen molar-refractivity contribution in [3.8, 4) is 11.1 Å². The van der Waals surface area contributed by atoms with Crippen LogP contribution < -0.4 is 4.90 Å². The molecule has 0 bridgehead atoms. The Morgan fingerprint density at radius 3 is 2.58 bits per heavy atom. The Labute approximate surface area is 192 Å². The van der Waals surface area contributed by atoms with Gasteiger partial charge in [-0.1, -0.05) is 63.2 Å². The molecule has 2 aromatic carbocycles. The van der Waals surface area contributed by atoms with Gasteiger partial charge >= 0.3 is 0 Å². The molecular formula is C26H26ClN3S. The molecule has 5 heteroatoms. The zero-order valence-corrected chi connectivity index (χ0v) is 19.7. The highest BCUT2D eigenvalue weighted by molar-refractivity contribution is 7.19. The highest BCUT2D eigenvalue weighted by Gasteiger charge is 2.26. The largest absolute Gasteiger partial charge is 0.325 e. The first kappa shape index (κ1) is 20.5. The molecule has 2 aromatic heterocycles. The van der Waals surface area contributed by atoms with Gasteiger partial charge < -0.3 is 4.90 Å². The van der Waals surface area contributed by atoms with Crippen molar-refractivity contribution in [2.45, 2.75) is 46.0 Å². The van der Waals surface area contributed by atoms with Crippen molar-refractivity contribution in [3.63, 3.8) is 0 Å². The lowest BCUT2D eigenvalue weighted by Crippen LogP contribution is -2.25. The number of para-hydroxylation sites is 1. The van der Waals surface area contributed by atoms with Crippen molar-refractivity contribution in [1.29, 1.82) is 0 Å². The summed E-state index contributed by atoms with van der Waals surface area (Å²) < 4.78 is 0. The van der Waals surface area contributed by atoms with Crippen LogP contribution in [0.25, 0.3) is 21.3 Å². The predicted molar refractivity (Wildman–Crippen MR) is 133 cm³/mol. The van der Waals surface area contributed by atoms with E-state index in [9.17, 15) is 0 Å². The van der Waals surface area contributed by atoms with E-state index in [1.165, 1.54) is 32.8 Å². The molecule has 0 unspecified atom stereocenters. The molecule has 4 aromatic rings. The standard InChI is InChI=1S/C26H26ClN3S/c1-4-21-22(19-13-11-17(12-14-19)16(2)3)23-24(28-26(27)29-25(23)31-21)30-15-7-9-18-8-5-6-10-20(18)30/h5-6,8,10-14,16H,4,7,9,15H2,1-3H3. The third-order valence-corrected chi connectivity index (χ3v) is 7.53. The number of fused-ring (bicyclic) bond motifs is 2. The van der Waals surface area contributed by atoms with Crippen molar-refractivity contribution in [2.75, 3.05) is 11.4 Å². The first-order valence-corrected chi connectivity index (χ1v) is 12.2. The van der Waals surface area contributed by atoms with Crippen LogP contribution in [0.2, 0.25) is 5.28 Å². The molecule has 0 atom stereocenters. The van der Waals surface area contributed by atoms with Crippen molar-refractivity contribution in [1.82, 2.24) is 9.97 Å². The van der Waals surface area contributed by atoms with Gasteiger partial charge in [-0.05, 0) is 59.5 Å². The molecule has 0 N–H and O–H groups in total. The fourth-order valence-corrected chi connectivity index (χ4v) is 5.88. The first-order valence-electron chi connectivity index (χ1n) is 11.0. The number of halogens is 1. The molecule has 3 nitrogen and oxygen atoms in total. The lowest BCUT2D eigenvalue weighted by molar-refractivity contribution is 0.761. The van der Waals surface area contributed by atoms with Crippen LogP contribution in [0.4, 0.5) is 11.5 Å². The average Bonchev–Trinajstić information content (AvgIpc) is 3.16. The summed E-state index contributed by atoms with van der Waals surface area (Å²) in [5.41, 5.74) is 6.43. The molecule has 158 valence electrons. The maximum Gasteiger partial charge on any atom is 0.225 e. The highest BCUT2D eigenvalue weighted by Crippen LogP contribution is 2.45. The van der Waals surface area contributed by atoms with Crippen LogP contribution in [-0.2, 0) is 12.8 Å². The molecule has 1 aliphatic rings. The fraction of sp³-hybridized carbons (Fsp3) is 0.308.